The summed E-state index contributed by atoms with van der Waals surface area (Å²) in [6.07, 6.45) is 21.2. The van der Waals surface area contributed by atoms with Gasteiger partial charge in [-0.05, 0) is 56.2 Å². The Bertz CT molecular complexity index is 640. The van der Waals surface area contributed by atoms with Crippen LogP contribution in [0.2, 0.25) is 0 Å². The second kappa shape index (κ2) is 15.5. The number of fused-ring (bicyclic) bond motifs is 1. The lowest BCUT2D eigenvalue weighted by atomic mass is 9.99. The molecule has 0 aliphatic heterocycles. The zero-order valence-corrected chi connectivity index (χ0v) is 19.3. The maximum Gasteiger partial charge on any atom is -0.00248 e. The van der Waals surface area contributed by atoms with Gasteiger partial charge in [0.05, 0.1) is 0 Å². The van der Waals surface area contributed by atoms with E-state index in [4.69, 9.17) is 0 Å². The smallest absolute Gasteiger partial charge is 0.00248 e. The second-order valence-electron chi connectivity index (χ2n) is 9.14. The number of nitrogens with zero attached hydrogens (tertiary/aromatic N) is 1. The van der Waals surface area contributed by atoms with Crippen LogP contribution in [-0.2, 0) is 6.42 Å². The molecule has 0 fully saturated rings. The quantitative estimate of drug-likeness (QED) is 0.243. The Kier molecular flexibility index (Phi) is 12.8. The molecule has 0 aliphatic rings. The van der Waals surface area contributed by atoms with Crippen molar-refractivity contribution in [2.45, 2.75) is 96.3 Å². The first-order valence-corrected chi connectivity index (χ1v) is 12.4. The molecule has 0 aromatic heterocycles. The van der Waals surface area contributed by atoms with E-state index in [1.54, 1.807) is 0 Å². The molecule has 2 aromatic rings. The van der Waals surface area contributed by atoms with Crippen molar-refractivity contribution < 1.29 is 0 Å². The molecule has 0 heterocycles. The first kappa shape index (κ1) is 23.9. The summed E-state index contributed by atoms with van der Waals surface area (Å²) in [5, 5.41) is 2.83. The molecule has 0 saturated heterocycles. The summed E-state index contributed by atoms with van der Waals surface area (Å²) in [6.45, 7) is 1.25. The maximum atomic E-state index is 2.31. The molecule has 2 aromatic carbocycles. The van der Waals surface area contributed by atoms with E-state index in [9.17, 15) is 0 Å². The summed E-state index contributed by atoms with van der Waals surface area (Å²) in [5.74, 6) is 0. The number of hydrogen-bond donors (Lipinski definition) is 0. The van der Waals surface area contributed by atoms with Crippen molar-refractivity contribution in [3.05, 3.63) is 48.0 Å². The molecule has 0 amide bonds. The molecular formula is C28H45N. The van der Waals surface area contributed by atoms with Crippen LogP contribution in [0.25, 0.3) is 10.8 Å². The normalized spacial score (nSPS) is 11.6. The van der Waals surface area contributed by atoms with Crippen molar-refractivity contribution in [1.82, 2.24) is 4.90 Å². The van der Waals surface area contributed by atoms with Gasteiger partial charge in [-0.25, -0.2) is 0 Å². The predicted molar refractivity (Wildman–Crippen MR) is 131 cm³/mol. The highest BCUT2D eigenvalue weighted by molar-refractivity contribution is 5.85. The number of aryl methyl sites for hydroxylation is 1. The number of unbranched alkanes of at least 4 members (excludes halogenated alkanes) is 13. The van der Waals surface area contributed by atoms with Crippen LogP contribution in [-0.4, -0.2) is 25.5 Å². The van der Waals surface area contributed by atoms with Crippen molar-refractivity contribution in [2.75, 3.05) is 20.6 Å². The maximum absolute atomic E-state index is 2.31. The second-order valence-corrected chi connectivity index (χ2v) is 9.14. The summed E-state index contributed by atoms with van der Waals surface area (Å²) >= 11 is 0. The standard InChI is InChI=1S/C28H45N/c1-29(2)25-18-14-12-10-8-6-4-3-5-7-9-11-13-15-20-26-22-19-23-27-21-16-17-24-28(26)27/h16-17,19,21-24H,3-15,18,20,25H2,1-2H3. The highest BCUT2D eigenvalue weighted by atomic mass is 15.0. The molecule has 29 heavy (non-hydrogen) atoms. The average Bonchev–Trinajstić information content (AvgIpc) is 2.73. The van der Waals surface area contributed by atoms with Crippen molar-refractivity contribution in [3.63, 3.8) is 0 Å². The molecule has 0 unspecified atom stereocenters. The van der Waals surface area contributed by atoms with Crippen LogP contribution in [0.15, 0.2) is 42.5 Å². The fourth-order valence-corrected chi connectivity index (χ4v) is 4.38. The van der Waals surface area contributed by atoms with Crippen molar-refractivity contribution in [1.29, 1.82) is 0 Å². The summed E-state index contributed by atoms with van der Waals surface area (Å²) in [6, 6.07) is 15.6. The van der Waals surface area contributed by atoms with Gasteiger partial charge in [0.2, 0.25) is 0 Å². The van der Waals surface area contributed by atoms with Gasteiger partial charge in [0.1, 0.15) is 0 Å². The van der Waals surface area contributed by atoms with Gasteiger partial charge in [0.15, 0.2) is 0 Å². The van der Waals surface area contributed by atoms with Gasteiger partial charge in [0, 0.05) is 0 Å². The van der Waals surface area contributed by atoms with E-state index in [1.807, 2.05) is 0 Å². The van der Waals surface area contributed by atoms with Gasteiger partial charge in [-0.3, -0.25) is 0 Å². The van der Waals surface area contributed by atoms with Crippen LogP contribution in [0.5, 0.6) is 0 Å². The average molecular weight is 396 g/mol. The van der Waals surface area contributed by atoms with Crippen LogP contribution >= 0.6 is 0 Å². The Labute approximate surface area is 180 Å². The molecule has 0 aliphatic carbocycles. The van der Waals surface area contributed by atoms with Gasteiger partial charge in [0.25, 0.3) is 0 Å². The molecular weight excluding hydrogens is 350 g/mol. The zero-order valence-electron chi connectivity index (χ0n) is 19.3. The van der Waals surface area contributed by atoms with Crippen molar-refractivity contribution in [2.24, 2.45) is 0 Å². The van der Waals surface area contributed by atoms with E-state index < -0.39 is 0 Å². The summed E-state index contributed by atoms with van der Waals surface area (Å²) in [7, 11) is 4.35. The van der Waals surface area contributed by atoms with Crippen LogP contribution in [0.1, 0.15) is 95.5 Å². The summed E-state index contributed by atoms with van der Waals surface area (Å²) < 4.78 is 0. The van der Waals surface area contributed by atoms with Gasteiger partial charge >= 0.3 is 0 Å². The third-order valence-corrected chi connectivity index (χ3v) is 6.18. The molecule has 162 valence electrons. The Hall–Kier alpha value is -1.34. The number of benzene rings is 2. The van der Waals surface area contributed by atoms with E-state index in [0.717, 1.165) is 0 Å². The van der Waals surface area contributed by atoms with E-state index in [-0.39, 0.29) is 0 Å². The lowest BCUT2D eigenvalue weighted by Gasteiger charge is -2.08. The lowest BCUT2D eigenvalue weighted by molar-refractivity contribution is 0.389. The summed E-state index contributed by atoms with van der Waals surface area (Å²) in [4.78, 5) is 2.30. The third-order valence-electron chi connectivity index (χ3n) is 6.18. The van der Waals surface area contributed by atoms with E-state index in [0.29, 0.717) is 0 Å². The minimum absolute atomic E-state index is 1.23. The highest BCUT2D eigenvalue weighted by Gasteiger charge is 2.00. The van der Waals surface area contributed by atoms with Gasteiger partial charge in [-0.1, -0.05) is 120 Å². The van der Waals surface area contributed by atoms with Gasteiger partial charge < -0.3 is 4.90 Å². The van der Waals surface area contributed by atoms with E-state index in [2.05, 4.69) is 61.5 Å². The Morgan fingerprint density at radius 2 is 1.00 bits per heavy atom. The minimum Gasteiger partial charge on any atom is -0.309 e. The molecule has 1 nitrogen and oxygen atoms in total. The van der Waals surface area contributed by atoms with Gasteiger partial charge in [-0.15, -0.1) is 0 Å². The number of hydrogen-bond acceptors (Lipinski definition) is 1. The third kappa shape index (κ3) is 10.8. The lowest BCUT2D eigenvalue weighted by Crippen LogP contribution is -2.12. The van der Waals surface area contributed by atoms with Crippen LogP contribution in [0, 0.1) is 0 Å². The fourth-order valence-electron chi connectivity index (χ4n) is 4.38. The Morgan fingerprint density at radius 3 is 1.59 bits per heavy atom. The first-order valence-electron chi connectivity index (χ1n) is 12.4. The molecule has 1 heteroatoms. The largest absolute Gasteiger partial charge is 0.309 e. The monoisotopic (exact) mass is 395 g/mol. The minimum atomic E-state index is 1.23. The van der Waals surface area contributed by atoms with Crippen LogP contribution in [0.4, 0.5) is 0 Å². The molecule has 0 saturated carbocycles. The van der Waals surface area contributed by atoms with Crippen molar-refractivity contribution in [3.8, 4) is 0 Å². The molecule has 0 bridgehead atoms. The molecule has 2 rings (SSSR count). The molecule has 0 N–H and O–H groups in total. The van der Waals surface area contributed by atoms with E-state index in [1.165, 1.54) is 119 Å². The topological polar surface area (TPSA) is 3.24 Å². The molecule has 0 spiro atoms. The van der Waals surface area contributed by atoms with Crippen LogP contribution < -0.4 is 0 Å². The van der Waals surface area contributed by atoms with E-state index >= 15 is 0 Å². The van der Waals surface area contributed by atoms with Crippen molar-refractivity contribution >= 4 is 10.8 Å². The number of rotatable bonds is 17. The molecule has 0 atom stereocenters. The highest BCUT2D eigenvalue weighted by Crippen LogP contribution is 2.21. The summed E-state index contributed by atoms with van der Waals surface area (Å²) in [5.41, 5.74) is 1.53. The fraction of sp³-hybridized carbons (Fsp3) is 0.643. The Morgan fingerprint density at radius 1 is 0.517 bits per heavy atom. The first-order chi connectivity index (χ1) is 14.3. The predicted octanol–water partition coefficient (Wildman–Crippen LogP) is 8.41. The SMILES string of the molecule is CN(C)CCCCCCCCCCCCCCCCc1cccc2ccccc12. The molecule has 0 radical (unpaired) electrons. The zero-order chi connectivity index (χ0) is 20.6. The Balaban J connectivity index is 1.36. The van der Waals surface area contributed by atoms with Crippen LogP contribution in [0.3, 0.4) is 0 Å². The van der Waals surface area contributed by atoms with Gasteiger partial charge in [-0.2, -0.15) is 0 Å².